The zero-order valence-electron chi connectivity index (χ0n) is 17.0. The molecule has 30 heavy (non-hydrogen) atoms. The number of carbonyl (C=O) groups excluding carboxylic acids is 1. The van der Waals surface area contributed by atoms with Crippen LogP contribution >= 0.6 is 0 Å². The van der Waals surface area contributed by atoms with E-state index in [0.717, 1.165) is 5.39 Å². The van der Waals surface area contributed by atoms with Crippen molar-refractivity contribution in [2.45, 2.75) is 13.8 Å². The minimum Gasteiger partial charge on any atom is -0.497 e. The number of methoxy groups -OCH3 is 1. The van der Waals surface area contributed by atoms with E-state index < -0.39 is 0 Å². The Kier molecular flexibility index (Phi) is 5.14. The number of rotatable bonds is 6. The first-order chi connectivity index (χ1) is 14.5. The standard InChI is InChI=1S/C22H22N4O4/c1-4-29-18-9-6-13(12-19(18)30-5-2)22(27)26-21-16(20(23)25-26)11-14-10-15(28-3)7-8-17(14)24-21/h6-12H,4-5H2,1-3H3,(H2,23,25). The van der Waals surface area contributed by atoms with Crippen LogP contribution in [0.15, 0.2) is 42.5 Å². The maximum Gasteiger partial charge on any atom is 0.280 e. The second kappa shape index (κ2) is 7.90. The molecule has 0 aliphatic rings. The Morgan fingerprint density at radius 3 is 2.53 bits per heavy atom. The first-order valence-electron chi connectivity index (χ1n) is 9.63. The van der Waals surface area contributed by atoms with Gasteiger partial charge in [-0.05, 0) is 56.3 Å². The molecule has 154 valence electrons. The fourth-order valence-electron chi connectivity index (χ4n) is 3.28. The lowest BCUT2D eigenvalue weighted by atomic mass is 10.1. The molecule has 2 aromatic heterocycles. The SMILES string of the molecule is CCOc1ccc(C(=O)n2nc(N)c3cc4cc(OC)ccc4nc32)cc1OCC. The number of fused-ring (bicyclic) bond motifs is 2. The summed E-state index contributed by atoms with van der Waals surface area (Å²) >= 11 is 0. The summed E-state index contributed by atoms with van der Waals surface area (Å²) in [6.45, 7) is 4.71. The van der Waals surface area contributed by atoms with Crippen LogP contribution in [0.5, 0.6) is 17.2 Å². The lowest BCUT2D eigenvalue weighted by Crippen LogP contribution is -2.15. The molecule has 4 rings (SSSR count). The number of pyridine rings is 1. The summed E-state index contributed by atoms with van der Waals surface area (Å²) in [4.78, 5) is 17.8. The molecule has 8 heteroatoms. The molecule has 0 radical (unpaired) electrons. The van der Waals surface area contributed by atoms with E-state index in [-0.39, 0.29) is 11.7 Å². The highest BCUT2D eigenvalue weighted by Crippen LogP contribution is 2.30. The van der Waals surface area contributed by atoms with Crippen molar-refractivity contribution in [1.29, 1.82) is 0 Å². The predicted molar refractivity (Wildman–Crippen MR) is 115 cm³/mol. The van der Waals surface area contributed by atoms with Crippen LogP contribution < -0.4 is 19.9 Å². The number of anilines is 1. The van der Waals surface area contributed by atoms with E-state index in [1.165, 1.54) is 4.68 Å². The Morgan fingerprint density at radius 1 is 1.03 bits per heavy atom. The van der Waals surface area contributed by atoms with Crippen molar-refractivity contribution in [3.8, 4) is 17.2 Å². The van der Waals surface area contributed by atoms with Gasteiger partial charge in [-0.25, -0.2) is 4.98 Å². The molecule has 0 unspecified atom stereocenters. The molecule has 2 heterocycles. The molecular weight excluding hydrogens is 384 g/mol. The third-order valence-corrected chi connectivity index (χ3v) is 4.67. The Hall–Kier alpha value is -3.81. The number of hydrogen-bond donors (Lipinski definition) is 1. The monoisotopic (exact) mass is 406 g/mol. The quantitative estimate of drug-likeness (QED) is 0.521. The van der Waals surface area contributed by atoms with Gasteiger partial charge in [-0.2, -0.15) is 4.68 Å². The number of carbonyl (C=O) groups is 1. The van der Waals surface area contributed by atoms with Crippen LogP contribution in [-0.2, 0) is 0 Å². The highest BCUT2D eigenvalue weighted by atomic mass is 16.5. The Morgan fingerprint density at radius 2 is 1.80 bits per heavy atom. The van der Waals surface area contributed by atoms with Crippen LogP contribution in [0.2, 0.25) is 0 Å². The van der Waals surface area contributed by atoms with Crippen LogP contribution in [-0.4, -0.2) is 41.0 Å². The molecule has 2 N–H and O–H groups in total. The second-order valence-electron chi connectivity index (χ2n) is 6.55. The summed E-state index contributed by atoms with van der Waals surface area (Å²) < 4.78 is 17.7. The predicted octanol–water partition coefficient (Wildman–Crippen LogP) is 3.66. The van der Waals surface area contributed by atoms with Gasteiger partial charge in [0.25, 0.3) is 5.91 Å². The number of nitrogens with two attached hydrogens (primary N) is 1. The number of benzene rings is 2. The van der Waals surface area contributed by atoms with Crippen molar-refractivity contribution in [2.75, 3.05) is 26.1 Å². The molecular formula is C22H22N4O4. The smallest absolute Gasteiger partial charge is 0.280 e. The van der Waals surface area contributed by atoms with E-state index in [9.17, 15) is 4.79 Å². The highest BCUT2D eigenvalue weighted by Gasteiger charge is 2.20. The number of aromatic nitrogens is 3. The number of hydrogen-bond acceptors (Lipinski definition) is 7. The van der Waals surface area contributed by atoms with Crippen LogP contribution in [0.1, 0.15) is 24.2 Å². The van der Waals surface area contributed by atoms with E-state index >= 15 is 0 Å². The zero-order chi connectivity index (χ0) is 21.3. The van der Waals surface area contributed by atoms with E-state index in [1.807, 2.05) is 38.1 Å². The minimum atomic E-state index is -0.360. The molecule has 0 saturated carbocycles. The molecule has 0 bridgehead atoms. The molecule has 0 saturated heterocycles. The normalized spacial score (nSPS) is 11.0. The van der Waals surface area contributed by atoms with Gasteiger partial charge in [-0.15, -0.1) is 5.10 Å². The maximum atomic E-state index is 13.2. The average molecular weight is 406 g/mol. The summed E-state index contributed by atoms with van der Waals surface area (Å²) in [7, 11) is 1.60. The van der Waals surface area contributed by atoms with Gasteiger partial charge >= 0.3 is 0 Å². The Balaban J connectivity index is 1.81. The summed E-state index contributed by atoms with van der Waals surface area (Å²) in [5.74, 6) is 1.66. The van der Waals surface area contributed by atoms with Crippen molar-refractivity contribution in [1.82, 2.24) is 14.8 Å². The first kappa shape index (κ1) is 19.5. The van der Waals surface area contributed by atoms with Crippen LogP contribution in [0.3, 0.4) is 0 Å². The molecule has 0 atom stereocenters. The van der Waals surface area contributed by atoms with Gasteiger partial charge in [0.05, 0.1) is 31.2 Å². The Labute approximate surface area is 173 Å². The van der Waals surface area contributed by atoms with Crippen molar-refractivity contribution in [3.05, 3.63) is 48.0 Å². The molecule has 0 amide bonds. The van der Waals surface area contributed by atoms with Gasteiger partial charge < -0.3 is 19.9 Å². The van der Waals surface area contributed by atoms with Gasteiger partial charge in [0.15, 0.2) is 23.0 Å². The summed E-state index contributed by atoms with van der Waals surface area (Å²) in [5.41, 5.74) is 7.59. The van der Waals surface area contributed by atoms with E-state index in [4.69, 9.17) is 19.9 Å². The fraction of sp³-hybridized carbons (Fsp3) is 0.227. The Bertz CT molecular complexity index is 1250. The number of nitrogen functional groups attached to an aromatic ring is 1. The van der Waals surface area contributed by atoms with Crippen LogP contribution in [0.4, 0.5) is 5.82 Å². The fourth-order valence-corrected chi connectivity index (χ4v) is 3.28. The molecule has 0 spiro atoms. The zero-order valence-corrected chi connectivity index (χ0v) is 17.0. The first-order valence-corrected chi connectivity index (χ1v) is 9.63. The second-order valence-corrected chi connectivity index (χ2v) is 6.55. The van der Waals surface area contributed by atoms with Crippen molar-refractivity contribution >= 4 is 33.7 Å². The van der Waals surface area contributed by atoms with Crippen LogP contribution in [0, 0.1) is 0 Å². The summed E-state index contributed by atoms with van der Waals surface area (Å²) in [6.07, 6.45) is 0. The van der Waals surface area contributed by atoms with Gasteiger partial charge in [0.2, 0.25) is 0 Å². The third kappa shape index (κ3) is 3.36. The van der Waals surface area contributed by atoms with Crippen molar-refractivity contribution in [3.63, 3.8) is 0 Å². The maximum absolute atomic E-state index is 13.2. The minimum absolute atomic E-state index is 0.228. The number of nitrogens with zero attached hydrogens (tertiary/aromatic N) is 3. The average Bonchev–Trinajstić information content (AvgIpc) is 3.08. The molecule has 4 aromatic rings. The number of ether oxygens (including phenoxy) is 3. The summed E-state index contributed by atoms with van der Waals surface area (Å²) in [6, 6.07) is 12.4. The van der Waals surface area contributed by atoms with Gasteiger partial charge in [0.1, 0.15) is 5.75 Å². The summed E-state index contributed by atoms with van der Waals surface area (Å²) in [5, 5.41) is 5.69. The van der Waals surface area contributed by atoms with E-state index in [1.54, 1.807) is 25.3 Å². The molecule has 0 fully saturated rings. The van der Waals surface area contributed by atoms with E-state index in [2.05, 4.69) is 10.1 Å². The van der Waals surface area contributed by atoms with Gasteiger partial charge in [-0.1, -0.05) is 0 Å². The lowest BCUT2D eigenvalue weighted by Gasteiger charge is -2.12. The molecule has 0 aliphatic heterocycles. The van der Waals surface area contributed by atoms with Crippen LogP contribution in [0.25, 0.3) is 21.9 Å². The topological polar surface area (TPSA) is 101 Å². The van der Waals surface area contributed by atoms with E-state index in [0.29, 0.717) is 52.6 Å². The van der Waals surface area contributed by atoms with Crippen molar-refractivity contribution in [2.24, 2.45) is 0 Å². The van der Waals surface area contributed by atoms with Crippen molar-refractivity contribution < 1.29 is 19.0 Å². The highest BCUT2D eigenvalue weighted by molar-refractivity contribution is 6.05. The molecule has 8 nitrogen and oxygen atoms in total. The van der Waals surface area contributed by atoms with Gasteiger partial charge in [0, 0.05) is 10.9 Å². The lowest BCUT2D eigenvalue weighted by molar-refractivity contribution is 0.0949. The third-order valence-electron chi connectivity index (χ3n) is 4.67. The largest absolute Gasteiger partial charge is 0.497 e. The molecule has 0 aliphatic carbocycles. The molecule has 2 aromatic carbocycles. The van der Waals surface area contributed by atoms with Gasteiger partial charge in [-0.3, -0.25) is 4.79 Å².